The number of nitrogens with zero attached hydrogens (tertiary/aromatic N) is 2. The normalized spacial score (nSPS) is 13.1. The van der Waals surface area contributed by atoms with Gasteiger partial charge in [0.05, 0.1) is 10.7 Å². The molecule has 1 fully saturated rings. The van der Waals surface area contributed by atoms with Gasteiger partial charge in [0.25, 0.3) is 0 Å². The summed E-state index contributed by atoms with van der Waals surface area (Å²) >= 11 is 3.52. The number of thiophene rings is 1. The molecule has 2 aromatic heterocycles. The van der Waals surface area contributed by atoms with Crippen molar-refractivity contribution in [2.24, 2.45) is 0 Å². The van der Waals surface area contributed by atoms with E-state index in [0.717, 1.165) is 41.8 Å². The predicted molar refractivity (Wildman–Crippen MR) is 173 cm³/mol. The molecule has 0 amide bonds. The Kier molecular flexibility index (Phi) is 10.9. The Morgan fingerprint density at radius 3 is 2.27 bits per heavy atom. The fraction of sp³-hybridized carbons (Fsp3) is 0.281. The standard InChI is InChI=1S/C32H32N2O2S2.2ClH/c1-23-33-26(22-37-23)21-36-28-12-8-24(9-13-28)20-30-29-6-2-3-7-31(29)38-32(30)25-10-14-27(15-11-25)35-19-18-34-16-4-5-17-34;;/h2-3,6-15,22H,4-5,16-21H2,1H3;2*1H. The summed E-state index contributed by atoms with van der Waals surface area (Å²) in [5, 5.41) is 4.45. The minimum absolute atomic E-state index is 0. The van der Waals surface area contributed by atoms with Crippen LogP contribution in [-0.4, -0.2) is 36.1 Å². The predicted octanol–water partition coefficient (Wildman–Crippen LogP) is 8.82. The first-order valence-electron chi connectivity index (χ1n) is 13.3. The highest BCUT2D eigenvalue weighted by molar-refractivity contribution is 7.22. The average Bonchev–Trinajstić information content (AvgIpc) is 3.70. The molecule has 0 radical (unpaired) electrons. The fourth-order valence-electron chi connectivity index (χ4n) is 5.05. The van der Waals surface area contributed by atoms with Crippen molar-refractivity contribution >= 4 is 57.6 Å². The largest absolute Gasteiger partial charge is 0.492 e. The molecule has 1 aliphatic heterocycles. The van der Waals surface area contributed by atoms with Gasteiger partial charge in [0, 0.05) is 21.5 Å². The van der Waals surface area contributed by atoms with Crippen molar-refractivity contribution in [1.82, 2.24) is 9.88 Å². The topological polar surface area (TPSA) is 34.6 Å². The Balaban J connectivity index is 0.00000185. The van der Waals surface area contributed by atoms with Crippen LogP contribution in [0.5, 0.6) is 11.5 Å². The van der Waals surface area contributed by atoms with Gasteiger partial charge in [-0.3, -0.25) is 4.90 Å². The summed E-state index contributed by atoms with van der Waals surface area (Å²) in [6.45, 7) is 6.69. The van der Waals surface area contributed by atoms with Crippen LogP contribution in [0, 0.1) is 6.92 Å². The summed E-state index contributed by atoms with van der Waals surface area (Å²) < 4.78 is 13.3. The third kappa shape index (κ3) is 7.36. The Labute approximate surface area is 256 Å². The van der Waals surface area contributed by atoms with Crippen LogP contribution in [0.25, 0.3) is 20.5 Å². The maximum absolute atomic E-state index is 6.05. The van der Waals surface area contributed by atoms with Crippen LogP contribution in [0.15, 0.2) is 78.2 Å². The van der Waals surface area contributed by atoms with E-state index in [-0.39, 0.29) is 24.8 Å². The molecule has 0 unspecified atom stereocenters. The highest BCUT2D eigenvalue weighted by atomic mass is 35.5. The van der Waals surface area contributed by atoms with Crippen molar-refractivity contribution in [3.05, 3.63) is 100 Å². The summed E-state index contributed by atoms with van der Waals surface area (Å²) in [4.78, 5) is 8.29. The molecule has 0 N–H and O–H groups in total. The molecule has 210 valence electrons. The highest BCUT2D eigenvalue weighted by Gasteiger charge is 2.15. The Morgan fingerprint density at radius 1 is 0.850 bits per heavy atom. The second-order valence-electron chi connectivity index (χ2n) is 9.79. The van der Waals surface area contributed by atoms with Crippen LogP contribution >= 0.6 is 47.5 Å². The van der Waals surface area contributed by atoms with Gasteiger partial charge in [-0.05, 0) is 104 Å². The highest BCUT2D eigenvalue weighted by Crippen LogP contribution is 2.40. The smallest absolute Gasteiger partial charge is 0.131 e. The van der Waals surface area contributed by atoms with E-state index in [1.54, 1.807) is 11.3 Å². The Hall–Kier alpha value is -2.61. The van der Waals surface area contributed by atoms with Crippen LogP contribution < -0.4 is 9.47 Å². The molecule has 3 aromatic carbocycles. The molecule has 0 atom stereocenters. The lowest BCUT2D eigenvalue weighted by atomic mass is 9.99. The van der Waals surface area contributed by atoms with Gasteiger partial charge in [-0.25, -0.2) is 4.98 Å². The summed E-state index contributed by atoms with van der Waals surface area (Å²) in [6, 6.07) is 25.8. The molecule has 1 aliphatic rings. The minimum atomic E-state index is 0. The van der Waals surface area contributed by atoms with Crippen LogP contribution in [0.2, 0.25) is 0 Å². The first-order valence-corrected chi connectivity index (χ1v) is 15.0. The number of likely N-dealkylation sites (tertiary alicyclic amines) is 1. The molecule has 0 aliphatic carbocycles. The minimum Gasteiger partial charge on any atom is -0.492 e. The zero-order valence-corrected chi connectivity index (χ0v) is 25.8. The number of ether oxygens (including phenoxy) is 2. The van der Waals surface area contributed by atoms with Crippen molar-refractivity contribution in [3.63, 3.8) is 0 Å². The number of aromatic nitrogens is 1. The lowest BCUT2D eigenvalue weighted by Crippen LogP contribution is -2.25. The van der Waals surface area contributed by atoms with Crippen molar-refractivity contribution < 1.29 is 9.47 Å². The number of fused-ring (bicyclic) bond motifs is 1. The lowest BCUT2D eigenvalue weighted by molar-refractivity contribution is 0.238. The van der Waals surface area contributed by atoms with Gasteiger partial charge in [-0.2, -0.15) is 0 Å². The molecular weight excluding hydrogens is 579 g/mol. The van der Waals surface area contributed by atoms with Crippen molar-refractivity contribution in [2.75, 3.05) is 26.2 Å². The molecule has 8 heteroatoms. The second-order valence-corrected chi connectivity index (χ2v) is 11.9. The average molecular weight is 614 g/mol. The first kappa shape index (κ1) is 30.4. The molecule has 0 bridgehead atoms. The molecule has 5 aromatic rings. The third-order valence-corrected chi connectivity index (χ3v) is 9.13. The van der Waals surface area contributed by atoms with E-state index in [1.807, 2.05) is 18.3 Å². The van der Waals surface area contributed by atoms with Gasteiger partial charge in [-0.15, -0.1) is 47.5 Å². The number of aryl methyl sites for hydroxylation is 1. The number of hydrogen-bond donors (Lipinski definition) is 0. The van der Waals surface area contributed by atoms with E-state index < -0.39 is 0 Å². The van der Waals surface area contributed by atoms with E-state index in [2.05, 4.69) is 88.1 Å². The molecule has 1 saturated heterocycles. The Bertz CT molecular complexity index is 1490. The van der Waals surface area contributed by atoms with Crippen LogP contribution in [0.1, 0.15) is 34.7 Å². The van der Waals surface area contributed by atoms with Crippen LogP contribution in [0.3, 0.4) is 0 Å². The first-order chi connectivity index (χ1) is 18.7. The fourth-order valence-corrected chi connectivity index (χ4v) is 6.87. The van der Waals surface area contributed by atoms with Gasteiger partial charge >= 0.3 is 0 Å². The summed E-state index contributed by atoms with van der Waals surface area (Å²) in [6.07, 6.45) is 3.51. The van der Waals surface area contributed by atoms with Gasteiger partial charge in [0.1, 0.15) is 24.7 Å². The molecular formula is C32H34Cl2N2O2S2. The molecule has 0 saturated carbocycles. The van der Waals surface area contributed by atoms with E-state index in [9.17, 15) is 0 Å². The van der Waals surface area contributed by atoms with E-state index >= 15 is 0 Å². The molecule has 6 rings (SSSR count). The number of benzene rings is 3. The lowest BCUT2D eigenvalue weighted by Gasteiger charge is -2.15. The molecule has 0 spiro atoms. The maximum atomic E-state index is 6.05. The van der Waals surface area contributed by atoms with Crippen molar-refractivity contribution in [3.8, 4) is 21.9 Å². The van der Waals surface area contributed by atoms with Crippen LogP contribution in [0.4, 0.5) is 0 Å². The van der Waals surface area contributed by atoms with E-state index in [0.29, 0.717) is 6.61 Å². The van der Waals surface area contributed by atoms with Crippen LogP contribution in [-0.2, 0) is 13.0 Å². The van der Waals surface area contributed by atoms with E-state index in [4.69, 9.17) is 9.47 Å². The summed E-state index contributed by atoms with van der Waals surface area (Å²) in [5.41, 5.74) is 4.87. The Morgan fingerprint density at radius 2 is 1.55 bits per heavy atom. The SMILES string of the molecule is Cc1nc(COc2ccc(Cc3c(-c4ccc(OCCN5CCCC5)cc4)sc4ccccc34)cc2)cs1.Cl.Cl. The maximum Gasteiger partial charge on any atom is 0.131 e. The zero-order chi connectivity index (χ0) is 25.7. The van der Waals surface area contributed by atoms with Gasteiger partial charge in [0.15, 0.2) is 0 Å². The number of thiazole rings is 1. The summed E-state index contributed by atoms with van der Waals surface area (Å²) in [5.74, 6) is 1.81. The summed E-state index contributed by atoms with van der Waals surface area (Å²) in [7, 11) is 0. The van der Waals surface area contributed by atoms with Gasteiger partial charge in [-0.1, -0.05) is 30.3 Å². The number of rotatable bonds is 10. The molecule has 4 nitrogen and oxygen atoms in total. The van der Waals surface area contributed by atoms with Crippen molar-refractivity contribution in [1.29, 1.82) is 0 Å². The quantitative estimate of drug-likeness (QED) is 0.158. The monoisotopic (exact) mass is 612 g/mol. The van der Waals surface area contributed by atoms with E-state index in [1.165, 1.54) is 57.6 Å². The van der Waals surface area contributed by atoms with Gasteiger partial charge < -0.3 is 9.47 Å². The van der Waals surface area contributed by atoms with Gasteiger partial charge in [0.2, 0.25) is 0 Å². The number of halogens is 2. The molecule has 40 heavy (non-hydrogen) atoms. The third-order valence-electron chi connectivity index (χ3n) is 7.05. The number of hydrogen-bond acceptors (Lipinski definition) is 6. The molecule has 3 heterocycles. The zero-order valence-electron chi connectivity index (χ0n) is 22.5. The second kappa shape index (κ2) is 14.3. The van der Waals surface area contributed by atoms with Crippen molar-refractivity contribution in [2.45, 2.75) is 32.8 Å².